The van der Waals surface area contributed by atoms with Crippen LogP contribution in [0.15, 0.2) is 0 Å². The Labute approximate surface area is 96.6 Å². The number of nitrogens with zero attached hydrogens (tertiary/aromatic N) is 2. The molecule has 1 aromatic rings. The number of nitrogens with two attached hydrogens (primary N) is 1. The molecule has 0 amide bonds. The highest BCUT2D eigenvalue weighted by atomic mass is 16.3. The van der Waals surface area contributed by atoms with Gasteiger partial charge in [0.05, 0.1) is 18.3 Å². The predicted molar refractivity (Wildman–Crippen MR) is 65.2 cm³/mol. The second-order valence-corrected chi connectivity index (χ2v) is 4.42. The summed E-state index contributed by atoms with van der Waals surface area (Å²) in [6.07, 6.45) is 0. The molecule has 1 rings (SSSR count). The minimum atomic E-state index is 0.0279. The third-order valence-electron chi connectivity index (χ3n) is 2.87. The van der Waals surface area contributed by atoms with Crippen molar-refractivity contribution in [1.82, 2.24) is 9.78 Å². The van der Waals surface area contributed by atoms with Crippen LogP contribution in [0, 0.1) is 12.8 Å². The van der Waals surface area contributed by atoms with Gasteiger partial charge in [0.1, 0.15) is 5.82 Å². The van der Waals surface area contributed by atoms with Crippen molar-refractivity contribution in [3.63, 3.8) is 0 Å². The maximum Gasteiger partial charge on any atom is 0.129 e. The van der Waals surface area contributed by atoms with Crippen LogP contribution >= 0.6 is 0 Å². The lowest BCUT2D eigenvalue weighted by molar-refractivity contribution is 0.248. The molecule has 5 heteroatoms. The Morgan fingerprint density at radius 3 is 2.56 bits per heavy atom. The van der Waals surface area contributed by atoms with E-state index in [1.807, 2.05) is 14.0 Å². The van der Waals surface area contributed by atoms with Crippen LogP contribution < -0.4 is 11.1 Å². The van der Waals surface area contributed by atoms with Crippen molar-refractivity contribution < 1.29 is 5.11 Å². The van der Waals surface area contributed by atoms with Crippen LogP contribution in [-0.4, -0.2) is 27.5 Å². The summed E-state index contributed by atoms with van der Waals surface area (Å²) >= 11 is 0. The zero-order valence-corrected chi connectivity index (χ0v) is 10.5. The molecule has 0 aliphatic heterocycles. The summed E-state index contributed by atoms with van der Waals surface area (Å²) in [7, 11) is 1.88. The fourth-order valence-electron chi connectivity index (χ4n) is 1.73. The first-order valence-corrected chi connectivity index (χ1v) is 5.61. The van der Waals surface area contributed by atoms with Crippen molar-refractivity contribution in [3.8, 4) is 0 Å². The summed E-state index contributed by atoms with van der Waals surface area (Å²) in [6.45, 7) is 6.64. The van der Waals surface area contributed by atoms with Gasteiger partial charge in [-0.2, -0.15) is 5.10 Å². The average Bonchev–Trinajstić information content (AvgIpc) is 2.48. The van der Waals surface area contributed by atoms with Crippen molar-refractivity contribution in [2.45, 2.75) is 33.4 Å². The number of anilines is 1. The zero-order chi connectivity index (χ0) is 12.3. The van der Waals surface area contributed by atoms with Gasteiger partial charge < -0.3 is 16.2 Å². The number of hydrogen-bond acceptors (Lipinski definition) is 4. The van der Waals surface area contributed by atoms with E-state index in [4.69, 9.17) is 5.73 Å². The molecular formula is C11H22N4O. The third kappa shape index (κ3) is 2.54. The van der Waals surface area contributed by atoms with E-state index >= 15 is 0 Å². The zero-order valence-electron chi connectivity index (χ0n) is 10.5. The van der Waals surface area contributed by atoms with Crippen LogP contribution in [0.4, 0.5) is 5.82 Å². The lowest BCUT2D eigenvalue weighted by Gasteiger charge is -2.21. The molecule has 0 aliphatic rings. The molecule has 1 atom stereocenters. The fourth-order valence-corrected chi connectivity index (χ4v) is 1.73. The highest BCUT2D eigenvalue weighted by molar-refractivity contribution is 5.48. The summed E-state index contributed by atoms with van der Waals surface area (Å²) in [5.41, 5.74) is 7.66. The van der Waals surface area contributed by atoms with Crippen LogP contribution in [0.25, 0.3) is 0 Å². The fraction of sp³-hybridized carbons (Fsp3) is 0.727. The van der Waals surface area contributed by atoms with Gasteiger partial charge in [-0.05, 0) is 12.8 Å². The molecule has 1 aromatic heterocycles. The Kier molecular flexibility index (Phi) is 4.32. The van der Waals surface area contributed by atoms with Crippen molar-refractivity contribution >= 4 is 5.82 Å². The first kappa shape index (κ1) is 13.0. The smallest absolute Gasteiger partial charge is 0.129 e. The molecule has 0 aliphatic carbocycles. The molecule has 0 saturated carbocycles. The quantitative estimate of drug-likeness (QED) is 0.688. The summed E-state index contributed by atoms with van der Waals surface area (Å²) in [5.74, 6) is 1.26. The molecule has 1 heterocycles. The second-order valence-electron chi connectivity index (χ2n) is 4.42. The molecule has 0 radical (unpaired) electrons. The first-order valence-electron chi connectivity index (χ1n) is 5.61. The van der Waals surface area contributed by atoms with Gasteiger partial charge in [0.15, 0.2) is 0 Å². The van der Waals surface area contributed by atoms with E-state index in [-0.39, 0.29) is 12.6 Å². The average molecular weight is 226 g/mol. The Morgan fingerprint density at radius 1 is 1.50 bits per heavy atom. The van der Waals surface area contributed by atoms with Crippen LogP contribution in [0.2, 0.25) is 0 Å². The maximum absolute atomic E-state index is 9.30. The number of hydrogen-bond donors (Lipinski definition) is 3. The van der Waals surface area contributed by atoms with E-state index in [1.54, 1.807) is 4.68 Å². The summed E-state index contributed by atoms with van der Waals surface area (Å²) in [5, 5.41) is 16.9. The minimum Gasteiger partial charge on any atom is -0.394 e. The van der Waals surface area contributed by atoms with E-state index in [1.165, 1.54) is 0 Å². The molecule has 16 heavy (non-hydrogen) atoms. The largest absolute Gasteiger partial charge is 0.394 e. The molecule has 1 unspecified atom stereocenters. The van der Waals surface area contributed by atoms with E-state index in [2.05, 4.69) is 24.3 Å². The molecule has 5 nitrogen and oxygen atoms in total. The van der Waals surface area contributed by atoms with Gasteiger partial charge in [0.2, 0.25) is 0 Å². The van der Waals surface area contributed by atoms with Crippen LogP contribution in [0.3, 0.4) is 0 Å². The number of nitrogens with one attached hydrogen (secondary N) is 1. The summed E-state index contributed by atoms with van der Waals surface area (Å²) < 4.78 is 1.78. The van der Waals surface area contributed by atoms with Crippen LogP contribution in [0.1, 0.15) is 25.1 Å². The van der Waals surface area contributed by atoms with Crippen molar-refractivity contribution in [2.24, 2.45) is 18.7 Å². The van der Waals surface area contributed by atoms with Crippen molar-refractivity contribution in [1.29, 1.82) is 0 Å². The summed E-state index contributed by atoms with van der Waals surface area (Å²) in [6, 6.07) is 0.0279. The number of aliphatic hydroxyl groups excluding tert-OH is 1. The van der Waals surface area contributed by atoms with Gasteiger partial charge in [0.25, 0.3) is 0 Å². The van der Waals surface area contributed by atoms with Crippen molar-refractivity contribution in [3.05, 3.63) is 11.3 Å². The molecular weight excluding hydrogens is 204 g/mol. The minimum absolute atomic E-state index is 0.0279. The highest BCUT2D eigenvalue weighted by Gasteiger charge is 2.17. The normalized spacial score (nSPS) is 13.2. The van der Waals surface area contributed by atoms with Crippen LogP contribution in [0.5, 0.6) is 0 Å². The third-order valence-corrected chi connectivity index (χ3v) is 2.87. The van der Waals surface area contributed by atoms with Gasteiger partial charge in [-0.1, -0.05) is 13.8 Å². The predicted octanol–water partition coefficient (Wildman–Crippen LogP) is 0.616. The Hall–Kier alpha value is -1.07. The monoisotopic (exact) mass is 226 g/mol. The molecule has 0 fully saturated rings. The van der Waals surface area contributed by atoms with Gasteiger partial charge in [0, 0.05) is 19.2 Å². The van der Waals surface area contributed by atoms with E-state index in [9.17, 15) is 5.11 Å². The van der Waals surface area contributed by atoms with Gasteiger partial charge >= 0.3 is 0 Å². The van der Waals surface area contributed by atoms with E-state index < -0.39 is 0 Å². The first-order chi connectivity index (χ1) is 7.51. The number of aliphatic hydroxyl groups is 1. The van der Waals surface area contributed by atoms with Crippen molar-refractivity contribution in [2.75, 3.05) is 11.9 Å². The highest BCUT2D eigenvalue weighted by Crippen LogP contribution is 2.20. The number of aryl methyl sites for hydroxylation is 2. The number of rotatable bonds is 5. The SMILES string of the molecule is Cc1nn(C)c(NC(CO)C(C)C)c1CN. The van der Waals surface area contributed by atoms with Gasteiger partial charge in [-0.3, -0.25) is 4.68 Å². The van der Waals surface area contributed by atoms with Crippen LogP contribution in [-0.2, 0) is 13.6 Å². The molecule has 4 N–H and O–H groups in total. The molecule has 92 valence electrons. The van der Waals surface area contributed by atoms with E-state index in [0.29, 0.717) is 12.5 Å². The lowest BCUT2D eigenvalue weighted by atomic mass is 10.1. The molecule has 0 spiro atoms. The molecule has 0 aromatic carbocycles. The topological polar surface area (TPSA) is 76.1 Å². The second kappa shape index (κ2) is 5.32. The number of aromatic nitrogens is 2. The van der Waals surface area contributed by atoms with Gasteiger partial charge in [-0.25, -0.2) is 0 Å². The van der Waals surface area contributed by atoms with E-state index in [0.717, 1.165) is 17.1 Å². The maximum atomic E-state index is 9.30. The Balaban J connectivity index is 2.95. The Bertz CT molecular complexity index is 346. The Morgan fingerprint density at radius 2 is 2.12 bits per heavy atom. The lowest BCUT2D eigenvalue weighted by Crippen LogP contribution is -2.31. The summed E-state index contributed by atoms with van der Waals surface area (Å²) in [4.78, 5) is 0. The molecule has 0 saturated heterocycles. The molecule has 0 bridgehead atoms. The van der Waals surface area contributed by atoms with Gasteiger partial charge in [-0.15, -0.1) is 0 Å². The standard InChI is InChI=1S/C11H22N4O/c1-7(2)10(6-16)13-11-9(5-12)8(3)14-15(11)4/h7,10,13,16H,5-6,12H2,1-4H3.